The molecule has 0 N–H and O–H groups in total. The highest BCUT2D eigenvalue weighted by molar-refractivity contribution is 7.15. The van der Waals surface area contributed by atoms with Crippen molar-refractivity contribution in [2.45, 2.75) is 78.5 Å². The summed E-state index contributed by atoms with van der Waals surface area (Å²) in [6.45, 7) is 8.68. The predicted octanol–water partition coefficient (Wildman–Crippen LogP) is 5.36. The van der Waals surface area contributed by atoms with Gasteiger partial charge in [0.15, 0.2) is 18.3 Å². The molecule has 7 atom stereocenters. The third kappa shape index (κ3) is 8.00. The molecule has 11 heteroatoms. The zero-order valence-corrected chi connectivity index (χ0v) is 26.4. The fraction of sp³-hybridized carbons (Fsp3) is 0.455. The molecule has 236 valence electrons. The number of rotatable bonds is 9. The van der Waals surface area contributed by atoms with Crippen LogP contribution in [0.5, 0.6) is 0 Å². The first-order valence-corrected chi connectivity index (χ1v) is 15.2. The van der Waals surface area contributed by atoms with Gasteiger partial charge in [-0.05, 0) is 42.7 Å². The molecular weight excluding hydrogens is 591 g/mol. The Morgan fingerprint density at radius 3 is 2.07 bits per heavy atom. The van der Waals surface area contributed by atoms with E-state index in [1.54, 1.807) is 23.5 Å². The van der Waals surface area contributed by atoms with Crippen LogP contribution >= 0.6 is 11.3 Å². The summed E-state index contributed by atoms with van der Waals surface area (Å²) in [6, 6.07) is 10.5. The lowest BCUT2D eigenvalue weighted by molar-refractivity contribution is -0.259. The van der Waals surface area contributed by atoms with Crippen LogP contribution in [0.3, 0.4) is 0 Å². The zero-order valence-electron chi connectivity index (χ0n) is 25.5. The molecule has 1 aliphatic heterocycles. The maximum absolute atomic E-state index is 13.4. The minimum Gasteiger partial charge on any atom is -0.463 e. The van der Waals surface area contributed by atoms with Crippen molar-refractivity contribution in [2.75, 3.05) is 6.61 Å². The van der Waals surface area contributed by atoms with Crippen molar-refractivity contribution in [1.82, 2.24) is 0 Å². The number of benzene rings is 1. The van der Waals surface area contributed by atoms with Crippen molar-refractivity contribution in [3.8, 4) is 10.4 Å². The van der Waals surface area contributed by atoms with Crippen LogP contribution in [0.15, 0.2) is 59.7 Å². The second-order valence-electron chi connectivity index (χ2n) is 11.0. The first-order valence-electron chi connectivity index (χ1n) is 14.4. The van der Waals surface area contributed by atoms with Crippen LogP contribution in [0.4, 0.5) is 4.39 Å². The fourth-order valence-corrected chi connectivity index (χ4v) is 6.85. The second-order valence-corrected chi connectivity index (χ2v) is 12.2. The molecule has 1 aromatic carbocycles. The van der Waals surface area contributed by atoms with Crippen LogP contribution in [-0.4, -0.2) is 61.0 Å². The third-order valence-electron chi connectivity index (χ3n) is 7.76. The van der Waals surface area contributed by atoms with E-state index >= 15 is 0 Å². The maximum Gasteiger partial charge on any atom is 0.303 e. The molecule has 1 saturated heterocycles. The van der Waals surface area contributed by atoms with Gasteiger partial charge in [0.25, 0.3) is 0 Å². The lowest BCUT2D eigenvalue weighted by Gasteiger charge is -2.48. The molecule has 0 saturated carbocycles. The van der Waals surface area contributed by atoms with E-state index in [0.29, 0.717) is 6.42 Å². The van der Waals surface area contributed by atoms with Crippen molar-refractivity contribution in [3.05, 3.63) is 70.4 Å². The molecule has 9 nitrogen and oxygen atoms in total. The number of carbonyl (C=O) groups excluding carboxylic acids is 4. The minimum absolute atomic E-state index is 0.114. The first-order chi connectivity index (χ1) is 20.8. The van der Waals surface area contributed by atoms with Crippen molar-refractivity contribution >= 4 is 35.2 Å². The molecule has 1 aromatic heterocycles. The van der Waals surface area contributed by atoms with E-state index in [9.17, 15) is 23.6 Å². The van der Waals surface area contributed by atoms with Crippen LogP contribution in [0.1, 0.15) is 46.4 Å². The number of ether oxygens (including phenoxy) is 5. The molecular formula is C33H37FO9S. The Bertz CT molecular complexity index is 1440. The number of halogens is 1. The van der Waals surface area contributed by atoms with E-state index in [1.165, 1.54) is 39.8 Å². The van der Waals surface area contributed by atoms with E-state index in [1.807, 2.05) is 25.1 Å². The van der Waals surface area contributed by atoms with Gasteiger partial charge in [-0.2, -0.15) is 0 Å². The average molecular weight is 629 g/mol. The number of esters is 4. The van der Waals surface area contributed by atoms with Gasteiger partial charge in [-0.25, -0.2) is 4.39 Å². The van der Waals surface area contributed by atoms with Crippen molar-refractivity contribution in [3.63, 3.8) is 0 Å². The lowest BCUT2D eigenvalue weighted by atomic mass is 9.73. The summed E-state index contributed by atoms with van der Waals surface area (Å²) >= 11 is 1.62. The normalized spacial score (nSPS) is 26.6. The van der Waals surface area contributed by atoms with Gasteiger partial charge in [0.05, 0.1) is 0 Å². The average Bonchev–Trinajstić information content (AvgIpc) is 3.41. The Morgan fingerprint density at radius 2 is 1.45 bits per heavy atom. The third-order valence-corrected chi connectivity index (χ3v) is 8.90. The quantitative estimate of drug-likeness (QED) is 0.267. The number of carbonyl (C=O) groups is 4. The highest BCUT2D eigenvalue weighted by atomic mass is 32.1. The first kappa shape index (κ1) is 33.1. The van der Waals surface area contributed by atoms with Crippen molar-refractivity contribution in [1.29, 1.82) is 0 Å². The smallest absolute Gasteiger partial charge is 0.303 e. The highest BCUT2D eigenvalue weighted by Crippen LogP contribution is 2.42. The molecule has 2 aliphatic rings. The Morgan fingerprint density at radius 1 is 0.841 bits per heavy atom. The van der Waals surface area contributed by atoms with Crippen molar-refractivity contribution in [2.24, 2.45) is 11.8 Å². The lowest BCUT2D eigenvalue weighted by Crippen LogP contribution is -2.64. The topological polar surface area (TPSA) is 114 Å². The van der Waals surface area contributed by atoms with Crippen LogP contribution in [-0.2, 0) is 49.3 Å². The van der Waals surface area contributed by atoms with Gasteiger partial charge in [-0.1, -0.05) is 42.4 Å². The fourth-order valence-electron chi connectivity index (χ4n) is 5.82. The summed E-state index contributed by atoms with van der Waals surface area (Å²) in [6.07, 6.45) is -0.786. The largest absolute Gasteiger partial charge is 0.463 e. The Kier molecular flexibility index (Phi) is 10.7. The van der Waals surface area contributed by atoms with Gasteiger partial charge in [-0.15, -0.1) is 11.3 Å². The highest BCUT2D eigenvalue weighted by Gasteiger charge is 2.54. The van der Waals surface area contributed by atoms with Crippen molar-refractivity contribution < 1.29 is 47.3 Å². The van der Waals surface area contributed by atoms with Gasteiger partial charge in [-0.3, -0.25) is 19.2 Å². The molecule has 0 radical (unpaired) electrons. The summed E-state index contributed by atoms with van der Waals surface area (Å²) < 4.78 is 42.0. The molecule has 0 spiro atoms. The number of hydrogen-bond donors (Lipinski definition) is 0. The van der Waals surface area contributed by atoms with E-state index < -0.39 is 54.4 Å². The molecule has 5 unspecified atom stereocenters. The van der Waals surface area contributed by atoms with Crippen LogP contribution in [0.25, 0.3) is 10.4 Å². The summed E-state index contributed by atoms with van der Waals surface area (Å²) in [4.78, 5) is 50.5. The van der Waals surface area contributed by atoms with E-state index in [-0.39, 0.29) is 24.3 Å². The molecule has 2 heterocycles. The van der Waals surface area contributed by atoms with Gasteiger partial charge in [0.2, 0.25) is 0 Å². The summed E-state index contributed by atoms with van der Waals surface area (Å²) in [5, 5.41) is 0. The molecule has 4 rings (SSSR count). The van der Waals surface area contributed by atoms with Crippen LogP contribution in [0, 0.1) is 17.7 Å². The van der Waals surface area contributed by atoms with E-state index in [2.05, 4.69) is 13.0 Å². The number of allylic oxidation sites excluding steroid dienone is 3. The van der Waals surface area contributed by atoms with Gasteiger partial charge >= 0.3 is 23.9 Å². The second kappa shape index (κ2) is 14.3. The molecule has 1 aliphatic carbocycles. The van der Waals surface area contributed by atoms with Crippen LogP contribution < -0.4 is 0 Å². The van der Waals surface area contributed by atoms with E-state index in [4.69, 9.17) is 23.7 Å². The Labute approximate surface area is 260 Å². The Hall–Kier alpha value is -3.83. The summed E-state index contributed by atoms with van der Waals surface area (Å²) in [7, 11) is 0. The molecule has 44 heavy (non-hydrogen) atoms. The maximum atomic E-state index is 13.4. The Balaban J connectivity index is 1.66. The van der Waals surface area contributed by atoms with Gasteiger partial charge in [0, 0.05) is 49.8 Å². The van der Waals surface area contributed by atoms with E-state index in [0.717, 1.165) is 26.5 Å². The number of hydrogen-bond acceptors (Lipinski definition) is 10. The van der Waals surface area contributed by atoms with Crippen LogP contribution in [0.2, 0.25) is 0 Å². The van der Waals surface area contributed by atoms with Gasteiger partial charge in [0.1, 0.15) is 24.6 Å². The number of thiophene rings is 1. The molecule has 0 amide bonds. The van der Waals surface area contributed by atoms with Gasteiger partial charge < -0.3 is 23.7 Å². The molecule has 2 aromatic rings. The monoisotopic (exact) mass is 628 g/mol. The molecule has 0 bridgehead atoms. The predicted molar refractivity (Wildman–Crippen MR) is 160 cm³/mol. The SMILES string of the molecule is CC(=O)OCC1OC(C2C=CC(C)=C(Cc3ccc(-c4ccc(F)cc4)s3)C2C)[C@H](OC(C)=O)C(OC(C)=O)[C@@H]1OC(C)=O. The summed E-state index contributed by atoms with van der Waals surface area (Å²) in [5.74, 6) is -3.31. The summed E-state index contributed by atoms with van der Waals surface area (Å²) in [5.41, 5.74) is 3.15. The molecule has 1 fully saturated rings. The minimum atomic E-state index is -1.22. The zero-order chi connectivity index (χ0) is 32.1. The standard InChI is InChI=1S/C33H37FO9S/c1-17-7-13-26(18(2)27(17)15-25-12-14-29(44-25)23-8-10-24(34)11-9-23)30-32(41-21(5)37)33(42-22(6)38)31(40-20(4)36)28(43-30)16-39-19(3)35/h7-14,18,26,28,30-33H,15-16H2,1-6H3/t18?,26?,28?,30?,31-,32+,33?/m1/s1.